The first-order valence-corrected chi connectivity index (χ1v) is 4.79. The summed E-state index contributed by atoms with van der Waals surface area (Å²) >= 11 is 5.75. The van der Waals surface area contributed by atoms with Crippen molar-refractivity contribution in [2.24, 2.45) is 0 Å². The van der Waals surface area contributed by atoms with Crippen LogP contribution >= 0.6 is 11.6 Å². The molecule has 0 fully saturated rings. The van der Waals surface area contributed by atoms with Gasteiger partial charge in [-0.15, -0.1) is 0 Å². The average molecular weight is 197 g/mol. The fourth-order valence-electron chi connectivity index (χ4n) is 1.45. The second-order valence-electron chi connectivity index (χ2n) is 3.12. The van der Waals surface area contributed by atoms with Gasteiger partial charge in [-0.25, -0.2) is 0 Å². The summed E-state index contributed by atoms with van der Waals surface area (Å²) in [4.78, 5) is 11.2. The van der Waals surface area contributed by atoms with Crippen LogP contribution in [0.4, 0.5) is 0 Å². The lowest BCUT2D eigenvalue weighted by Gasteiger charge is -2.10. The zero-order chi connectivity index (χ0) is 9.84. The molecule has 0 aliphatic heterocycles. The molecule has 0 saturated carbocycles. The summed E-state index contributed by atoms with van der Waals surface area (Å²) < 4.78 is 0. The van der Waals surface area contributed by atoms with E-state index in [2.05, 4.69) is 0 Å². The minimum atomic E-state index is 0.0252. The van der Waals surface area contributed by atoms with Crippen LogP contribution in [0.2, 0.25) is 5.02 Å². The zero-order valence-electron chi connectivity index (χ0n) is 7.88. The van der Waals surface area contributed by atoms with E-state index in [9.17, 15) is 4.79 Å². The third kappa shape index (κ3) is 2.56. The van der Waals surface area contributed by atoms with Gasteiger partial charge in [-0.3, -0.25) is 4.79 Å². The molecule has 0 radical (unpaired) electrons. The molecule has 1 atom stereocenters. The Morgan fingerprint density at radius 2 is 1.92 bits per heavy atom. The number of carbonyl (C=O) groups is 1. The summed E-state index contributed by atoms with van der Waals surface area (Å²) in [6.07, 6.45) is 0.844. The number of hydrogen-bond donors (Lipinski definition) is 0. The van der Waals surface area contributed by atoms with Crippen LogP contribution in [0.25, 0.3) is 0 Å². The zero-order valence-corrected chi connectivity index (χ0v) is 8.64. The fourth-order valence-corrected chi connectivity index (χ4v) is 1.58. The Morgan fingerprint density at radius 3 is 2.31 bits per heavy atom. The lowest BCUT2D eigenvalue weighted by atomic mass is 9.93. The van der Waals surface area contributed by atoms with Crippen LogP contribution in [0.15, 0.2) is 24.3 Å². The van der Waals surface area contributed by atoms with E-state index >= 15 is 0 Å². The Balaban J connectivity index is 2.92. The standard InChI is InChI=1S/C11H13ClO/c1-3-11(8(2)13)9-4-6-10(12)7-5-9/h4-7,11H,3H2,1-2H3. The second kappa shape index (κ2) is 4.43. The highest BCUT2D eigenvalue weighted by atomic mass is 35.5. The molecule has 0 amide bonds. The van der Waals surface area contributed by atoms with Crippen molar-refractivity contribution in [1.82, 2.24) is 0 Å². The van der Waals surface area contributed by atoms with Gasteiger partial charge in [0.1, 0.15) is 5.78 Å². The first-order chi connectivity index (χ1) is 6.15. The Kier molecular flexibility index (Phi) is 3.49. The summed E-state index contributed by atoms with van der Waals surface area (Å²) in [7, 11) is 0. The predicted octanol–water partition coefficient (Wildman–Crippen LogP) is 3.42. The SMILES string of the molecule is CCC(C(C)=O)c1ccc(Cl)cc1. The number of hydrogen-bond acceptors (Lipinski definition) is 1. The molecule has 70 valence electrons. The topological polar surface area (TPSA) is 17.1 Å². The molecule has 0 bridgehead atoms. The van der Waals surface area contributed by atoms with E-state index in [1.165, 1.54) is 0 Å². The molecule has 0 aliphatic carbocycles. The summed E-state index contributed by atoms with van der Waals surface area (Å²) in [5.74, 6) is 0.238. The fraction of sp³-hybridized carbons (Fsp3) is 0.364. The molecule has 2 heteroatoms. The maximum atomic E-state index is 11.2. The van der Waals surface area contributed by atoms with Crippen molar-refractivity contribution in [1.29, 1.82) is 0 Å². The maximum Gasteiger partial charge on any atom is 0.137 e. The van der Waals surface area contributed by atoms with Gasteiger partial charge in [0, 0.05) is 10.9 Å². The average Bonchev–Trinajstić information content (AvgIpc) is 2.09. The molecule has 1 unspecified atom stereocenters. The van der Waals surface area contributed by atoms with Crippen molar-refractivity contribution < 1.29 is 4.79 Å². The molecule has 1 nitrogen and oxygen atoms in total. The van der Waals surface area contributed by atoms with Crippen molar-refractivity contribution in [2.45, 2.75) is 26.2 Å². The van der Waals surface area contributed by atoms with Gasteiger partial charge in [0.2, 0.25) is 0 Å². The summed E-state index contributed by atoms with van der Waals surface area (Å²) in [6, 6.07) is 7.47. The number of benzene rings is 1. The summed E-state index contributed by atoms with van der Waals surface area (Å²) in [5.41, 5.74) is 1.06. The highest BCUT2D eigenvalue weighted by molar-refractivity contribution is 6.30. The van der Waals surface area contributed by atoms with Crippen molar-refractivity contribution in [3.8, 4) is 0 Å². The van der Waals surface area contributed by atoms with Crippen LogP contribution < -0.4 is 0 Å². The van der Waals surface area contributed by atoms with Crippen LogP contribution in [0, 0.1) is 0 Å². The molecule has 1 rings (SSSR count). The Bertz CT molecular complexity index is 289. The first kappa shape index (κ1) is 10.3. The molecule has 0 N–H and O–H groups in total. The minimum absolute atomic E-state index is 0.0252. The van der Waals surface area contributed by atoms with Gasteiger partial charge in [0.15, 0.2) is 0 Å². The molecule has 0 heterocycles. The molecule has 0 aromatic heterocycles. The van der Waals surface area contributed by atoms with Crippen molar-refractivity contribution >= 4 is 17.4 Å². The third-order valence-corrected chi connectivity index (χ3v) is 2.42. The Hall–Kier alpha value is -0.820. The molecule has 0 saturated heterocycles. The molecular weight excluding hydrogens is 184 g/mol. The van der Waals surface area contributed by atoms with E-state index in [1.807, 2.05) is 31.2 Å². The molecule has 0 aliphatic rings. The molecule has 13 heavy (non-hydrogen) atoms. The highest BCUT2D eigenvalue weighted by Crippen LogP contribution is 2.21. The first-order valence-electron chi connectivity index (χ1n) is 4.41. The van der Waals surface area contributed by atoms with Gasteiger partial charge in [0.25, 0.3) is 0 Å². The van der Waals surface area contributed by atoms with Gasteiger partial charge in [-0.1, -0.05) is 30.7 Å². The van der Waals surface area contributed by atoms with Crippen LogP contribution in [0.3, 0.4) is 0 Å². The number of rotatable bonds is 3. The van der Waals surface area contributed by atoms with Gasteiger partial charge in [0.05, 0.1) is 0 Å². The smallest absolute Gasteiger partial charge is 0.137 e. The lowest BCUT2D eigenvalue weighted by Crippen LogP contribution is -2.07. The van der Waals surface area contributed by atoms with Gasteiger partial charge in [-0.2, -0.15) is 0 Å². The number of halogens is 1. The Labute approximate surface area is 83.7 Å². The molecule has 1 aromatic rings. The third-order valence-electron chi connectivity index (χ3n) is 2.17. The summed E-state index contributed by atoms with van der Waals surface area (Å²) in [6.45, 7) is 3.64. The molecular formula is C11H13ClO. The predicted molar refractivity (Wildman–Crippen MR) is 55.2 cm³/mol. The monoisotopic (exact) mass is 196 g/mol. The van der Waals surface area contributed by atoms with E-state index in [0.717, 1.165) is 12.0 Å². The molecule has 1 aromatic carbocycles. The number of Topliss-reactive ketones (excluding diaryl/α,β-unsaturated/α-hetero) is 1. The van der Waals surface area contributed by atoms with Crippen LogP contribution in [0.5, 0.6) is 0 Å². The Morgan fingerprint density at radius 1 is 1.38 bits per heavy atom. The quantitative estimate of drug-likeness (QED) is 0.724. The van der Waals surface area contributed by atoms with E-state index < -0.39 is 0 Å². The molecule has 0 spiro atoms. The van der Waals surface area contributed by atoms with Gasteiger partial charge < -0.3 is 0 Å². The normalized spacial score (nSPS) is 12.5. The van der Waals surface area contributed by atoms with Crippen LogP contribution in [-0.2, 0) is 4.79 Å². The second-order valence-corrected chi connectivity index (χ2v) is 3.56. The minimum Gasteiger partial charge on any atom is -0.299 e. The highest BCUT2D eigenvalue weighted by Gasteiger charge is 2.13. The van der Waals surface area contributed by atoms with E-state index in [0.29, 0.717) is 5.02 Å². The van der Waals surface area contributed by atoms with Crippen molar-refractivity contribution in [2.75, 3.05) is 0 Å². The van der Waals surface area contributed by atoms with Crippen molar-refractivity contribution in [3.05, 3.63) is 34.9 Å². The lowest BCUT2D eigenvalue weighted by molar-refractivity contribution is -0.118. The van der Waals surface area contributed by atoms with Crippen LogP contribution in [0.1, 0.15) is 31.7 Å². The largest absolute Gasteiger partial charge is 0.299 e. The summed E-state index contributed by atoms with van der Waals surface area (Å²) in [5, 5.41) is 0.710. The number of ketones is 1. The van der Waals surface area contributed by atoms with E-state index in [-0.39, 0.29) is 11.7 Å². The number of carbonyl (C=O) groups excluding carboxylic acids is 1. The maximum absolute atomic E-state index is 11.2. The van der Waals surface area contributed by atoms with Gasteiger partial charge in [-0.05, 0) is 31.0 Å². The van der Waals surface area contributed by atoms with Gasteiger partial charge >= 0.3 is 0 Å². The van der Waals surface area contributed by atoms with Crippen molar-refractivity contribution in [3.63, 3.8) is 0 Å². The van der Waals surface area contributed by atoms with E-state index in [1.54, 1.807) is 6.92 Å². The van der Waals surface area contributed by atoms with E-state index in [4.69, 9.17) is 11.6 Å². The van der Waals surface area contributed by atoms with Crippen LogP contribution in [-0.4, -0.2) is 5.78 Å².